The predicted octanol–water partition coefficient (Wildman–Crippen LogP) is 1.48. The van der Waals surface area contributed by atoms with Gasteiger partial charge in [0.2, 0.25) is 5.96 Å². The van der Waals surface area contributed by atoms with Crippen molar-refractivity contribution in [1.82, 2.24) is 0 Å². The SMILES string of the molecule is Cl.NC(N)=NC(N)=Nc1ccc2ccccc2c1. The average molecular weight is 264 g/mol. The third-order valence-electron chi connectivity index (χ3n) is 2.22. The fourth-order valence-corrected chi connectivity index (χ4v) is 1.54. The molecule has 0 saturated carbocycles. The van der Waals surface area contributed by atoms with E-state index in [9.17, 15) is 0 Å². The predicted molar refractivity (Wildman–Crippen MR) is 78.3 cm³/mol. The molecule has 0 atom stereocenters. The quantitative estimate of drug-likeness (QED) is 0.536. The van der Waals surface area contributed by atoms with E-state index in [-0.39, 0.29) is 24.3 Å². The summed E-state index contributed by atoms with van der Waals surface area (Å²) >= 11 is 0. The number of hydrogen-bond acceptors (Lipinski definition) is 1. The summed E-state index contributed by atoms with van der Waals surface area (Å²) in [6.07, 6.45) is 0. The minimum atomic E-state index is -0.105. The Bertz CT molecular complexity index is 602. The molecule has 18 heavy (non-hydrogen) atoms. The Morgan fingerprint density at radius 3 is 2.22 bits per heavy atom. The van der Waals surface area contributed by atoms with Crippen molar-refractivity contribution in [3.63, 3.8) is 0 Å². The highest BCUT2D eigenvalue weighted by Crippen LogP contribution is 2.20. The molecule has 0 fully saturated rings. The van der Waals surface area contributed by atoms with E-state index < -0.39 is 0 Å². The van der Waals surface area contributed by atoms with E-state index in [1.807, 2.05) is 42.5 Å². The molecule has 0 saturated heterocycles. The number of hydrogen-bond donors (Lipinski definition) is 3. The van der Waals surface area contributed by atoms with Crippen LogP contribution in [0.2, 0.25) is 0 Å². The molecule has 0 radical (unpaired) electrons. The zero-order valence-electron chi connectivity index (χ0n) is 9.58. The van der Waals surface area contributed by atoms with Gasteiger partial charge < -0.3 is 17.2 Å². The molecular weight excluding hydrogens is 250 g/mol. The lowest BCUT2D eigenvalue weighted by atomic mass is 10.1. The van der Waals surface area contributed by atoms with Gasteiger partial charge in [-0.3, -0.25) is 0 Å². The van der Waals surface area contributed by atoms with E-state index in [4.69, 9.17) is 17.2 Å². The summed E-state index contributed by atoms with van der Waals surface area (Å²) in [6, 6.07) is 13.7. The van der Waals surface area contributed by atoms with Gasteiger partial charge in [-0.1, -0.05) is 30.3 Å². The van der Waals surface area contributed by atoms with Gasteiger partial charge in [0.1, 0.15) is 0 Å². The van der Waals surface area contributed by atoms with Crippen molar-refractivity contribution in [2.24, 2.45) is 27.2 Å². The first-order chi connectivity index (χ1) is 8.15. The monoisotopic (exact) mass is 263 g/mol. The maximum Gasteiger partial charge on any atom is 0.223 e. The Morgan fingerprint density at radius 2 is 1.56 bits per heavy atom. The average Bonchev–Trinajstić information content (AvgIpc) is 2.27. The van der Waals surface area contributed by atoms with Crippen LogP contribution in [0.25, 0.3) is 10.8 Å². The molecule has 0 heterocycles. The molecule has 0 aliphatic heterocycles. The Kier molecular flexibility index (Phi) is 4.51. The lowest BCUT2D eigenvalue weighted by Crippen LogP contribution is -2.26. The molecule has 2 aromatic rings. The Hall–Kier alpha value is -2.27. The molecule has 0 aromatic heterocycles. The Morgan fingerprint density at radius 1 is 0.889 bits per heavy atom. The van der Waals surface area contributed by atoms with Crippen molar-refractivity contribution in [3.05, 3.63) is 42.5 Å². The van der Waals surface area contributed by atoms with E-state index >= 15 is 0 Å². The van der Waals surface area contributed by atoms with Crippen molar-refractivity contribution < 1.29 is 0 Å². The second-order valence-corrected chi connectivity index (χ2v) is 3.54. The van der Waals surface area contributed by atoms with Crippen molar-refractivity contribution in [3.8, 4) is 0 Å². The van der Waals surface area contributed by atoms with E-state index in [0.717, 1.165) is 10.8 Å². The van der Waals surface area contributed by atoms with Crippen molar-refractivity contribution in [2.75, 3.05) is 0 Å². The van der Waals surface area contributed by atoms with Gasteiger partial charge in [0.15, 0.2) is 5.96 Å². The van der Waals surface area contributed by atoms with Crippen LogP contribution in [0.15, 0.2) is 52.4 Å². The number of nitrogens with two attached hydrogens (primary N) is 3. The van der Waals surface area contributed by atoms with Crippen LogP contribution in [0.4, 0.5) is 5.69 Å². The lowest BCUT2D eigenvalue weighted by Gasteiger charge is -1.99. The number of rotatable bonds is 1. The third-order valence-corrected chi connectivity index (χ3v) is 2.22. The Labute approximate surface area is 111 Å². The molecule has 0 amide bonds. The van der Waals surface area contributed by atoms with Crippen LogP contribution in [-0.2, 0) is 0 Å². The van der Waals surface area contributed by atoms with Gasteiger partial charge in [-0.25, -0.2) is 4.99 Å². The molecule has 2 aromatic carbocycles. The van der Waals surface area contributed by atoms with Crippen LogP contribution in [0, 0.1) is 0 Å². The first-order valence-corrected chi connectivity index (χ1v) is 5.08. The number of guanidine groups is 2. The van der Waals surface area contributed by atoms with Crippen LogP contribution in [-0.4, -0.2) is 11.9 Å². The molecule has 5 nitrogen and oxygen atoms in total. The summed E-state index contributed by atoms with van der Waals surface area (Å²) in [6.45, 7) is 0. The molecule has 0 aliphatic carbocycles. The topological polar surface area (TPSA) is 103 Å². The fraction of sp³-hybridized carbons (Fsp3) is 0. The van der Waals surface area contributed by atoms with Gasteiger partial charge >= 0.3 is 0 Å². The number of halogens is 1. The van der Waals surface area contributed by atoms with Gasteiger partial charge in [-0.2, -0.15) is 4.99 Å². The third kappa shape index (κ3) is 3.36. The molecule has 0 unspecified atom stereocenters. The molecule has 0 aliphatic rings. The van der Waals surface area contributed by atoms with E-state index in [1.165, 1.54) is 0 Å². The van der Waals surface area contributed by atoms with Crippen LogP contribution >= 0.6 is 12.4 Å². The zero-order valence-corrected chi connectivity index (χ0v) is 10.4. The van der Waals surface area contributed by atoms with Crippen LogP contribution < -0.4 is 17.2 Å². The molecule has 6 N–H and O–H groups in total. The maximum absolute atomic E-state index is 5.55. The highest BCUT2D eigenvalue weighted by atomic mass is 35.5. The van der Waals surface area contributed by atoms with Gasteiger partial charge in [-0.05, 0) is 22.9 Å². The molecule has 0 bridgehead atoms. The van der Waals surface area contributed by atoms with E-state index in [1.54, 1.807) is 0 Å². The second-order valence-electron chi connectivity index (χ2n) is 3.54. The number of aliphatic imine (C=N–C) groups is 2. The van der Waals surface area contributed by atoms with Gasteiger partial charge in [0.25, 0.3) is 0 Å². The fourth-order valence-electron chi connectivity index (χ4n) is 1.54. The van der Waals surface area contributed by atoms with Crippen LogP contribution in [0.5, 0.6) is 0 Å². The second kappa shape index (κ2) is 5.88. The summed E-state index contributed by atoms with van der Waals surface area (Å²) in [5.74, 6) is -0.0627. The highest BCUT2D eigenvalue weighted by Gasteiger charge is 1.96. The van der Waals surface area contributed by atoms with Gasteiger partial charge in [0, 0.05) is 0 Å². The summed E-state index contributed by atoms with van der Waals surface area (Å²) in [5, 5.41) is 2.23. The van der Waals surface area contributed by atoms with Crippen molar-refractivity contribution >= 4 is 40.8 Å². The minimum absolute atomic E-state index is 0. The summed E-state index contributed by atoms with van der Waals surface area (Å²) in [4.78, 5) is 7.75. The molecule has 0 spiro atoms. The summed E-state index contributed by atoms with van der Waals surface area (Å²) in [7, 11) is 0. The first kappa shape index (κ1) is 13.8. The standard InChI is InChI=1S/C12H13N5.ClH/c13-11(14)17-12(15)16-10-6-5-8-3-1-2-4-9(8)7-10;/h1-7H,(H6,13,14,15,16,17);1H. The summed E-state index contributed by atoms with van der Waals surface area (Å²) < 4.78 is 0. The molecule has 6 heteroatoms. The van der Waals surface area contributed by atoms with Gasteiger partial charge in [0.05, 0.1) is 5.69 Å². The smallest absolute Gasteiger partial charge is 0.223 e. The largest absolute Gasteiger partial charge is 0.370 e. The van der Waals surface area contributed by atoms with E-state index in [2.05, 4.69) is 9.98 Å². The van der Waals surface area contributed by atoms with Crippen molar-refractivity contribution in [1.29, 1.82) is 0 Å². The van der Waals surface area contributed by atoms with Crippen molar-refractivity contribution in [2.45, 2.75) is 0 Å². The molecular formula is C12H14ClN5. The van der Waals surface area contributed by atoms with Crippen LogP contribution in [0.1, 0.15) is 0 Å². The summed E-state index contributed by atoms with van der Waals surface area (Å²) in [5.41, 5.74) is 16.7. The van der Waals surface area contributed by atoms with Crippen LogP contribution in [0.3, 0.4) is 0 Å². The first-order valence-electron chi connectivity index (χ1n) is 5.08. The zero-order chi connectivity index (χ0) is 12.3. The molecule has 94 valence electrons. The van der Waals surface area contributed by atoms with Gasteiger partial charge in [-0.15, -0.1) is 12.4 Å². The normalized spacial score (nSPS) is 10.8. The van der Waals surface area contributed by atoms with E-state index in [0.29, 0.717) is 5.69 Å². The lowest BCUT2D eigenvalue weighted by molar-refractivity contribution is 1.39. The molecule has 2 rings (SSSR count). The minimum Gasteiger partial charge on any atom is -0.370 e. The number of benzene rings is 2. The maximum atomic E-state index is 5.55. The number of nitrogens with zero attached hydrogens (tertiary/aromatic N) is 2. The Balaban J connectivity index is 0.00000162. The number of fused-ring (bicyclic) bond motifs is 1. The highest BCUT2D eigenvalue weighted by molar-refractivity contribution is 5.94.